The molecular formula is C20H30N4O2. The van der Waals surface area contributed by atoms with Gasteiger partial charge in [0.2, 0.25) is 11.8 Å². The van der Waals surface area contributed by atoms with Crippen LogP contribution in [-0.4, -0.2) is 57.3 Å². The third-order valence-electron chi connectivity index (χ3n) is 6.08. The van der Waals surface area contributed by atoms with Crippen LogP contribution in [0.25, 0.3) is 0 Å². The molecule has 0 bridgehead atoms. The van der Waals surface area contributed by atoms with E-state index in [2.05, 4.69) is 23.1 Å². The van der Waals surface area contributed by atoms with Crippen LogP contribution in [0.5, 0.6) is 0 Å². The number of aromatic nitrogens is 2. The molecule has 2 amide bonds. The van der Waals surface area contributed by atoms with Gasteiger partial charge in [0.25, 0.3) is 0 Å². The second-order valence-electron chi connectivity index (χ2n) is 7.88. The van der Waals surface area contributed by atoms with Gasteiger partial charge in [0, 0.05) is 57.5 Å². The van der Waals surface area contributed by atoms with Crippen LogP contribution in [0.3, 0.4) is 0 Å². The Bertz CT molecular complexity index is 673. The van der Waals surface area contributed by atoms with Gasteiger partial charge in [-0.1, -0.05) is 6.08 Å². The number of likely N-dealkylation sites (tertiary alicyclic amines) is 2. The molecule has 2 saturated heterocycles. The average molecular weight is 358 g/mol. The molecule has 0 aromatic carbocycles. The SMILES string of the molecule is C=CCN1CC2(CCC1=O)CCN(C(=O)CC(C)n1ccnc1C)CC2. The van der Waals surface area contributed by atoms with Gasteiger partial charge in [-0.25, -0.2) is 4.98 Å². The molecule has 1 aromatic heterocycles. The Morgan fingerprint density at radius 1 is 1.38 bits per heavy atom. The minimum atomic E-state index is 0.122. The van der Waals surface area contributed by atoms with Gasteiger partial charge in [0.05, 0.1) is 0 Å². The Hall–Kier alpha value is -2.11. The van der Waals surface area contributed by atoms with Crippen molar-refractivity contribution in [3.05, 3.63) is 30.9 Å². The molecule has 0 radical (unpaired) electrons. The minimum Gasteiger partial charge on any atom is -0.343 e. The van der Waals surface area contributed by atoms with Crippen LogP contribution in [0.4, 0.5) is 0 Å². The van der Waals surface area contributed by atoms with Crippen molar-refractivity contribution in [1.29, 1.82) is 0 Å². The van der Waals surface area contributed by atoms with Gasteiger partial charge in [-0.15, -0.1) is 6.58 Å². The summed E-state index contributed by atoms with van der Waals surface area (Å²) < 4.78 is 2.06. The van der Waals surface area contributed by atoms with E-state index in [1.54, 1.807) is 12.3 Å². The van der Waals surface area contributed by atoms with Crippen LogP contribution >= 0.6 is 0 Å². The van der Waals surface area contributed by atoms with Crippen molar-refractivity contribution in [2.24, 2.45) is 5.41 Å². The number of amides is 2. The summed E-state index contributed by atoms with van der Waals surface area (Å²) in [5.74, 6) is 1.39. The molecule has 2 aliphatic heterocycles. The van der Waals surface area contributed by atoms with E-state index in [1.807, 2.05) is 22.9 Å². The highest BCUT2D eigenvalue weighted by molar-refractivity contribution is 5.78. The normalized spacial score (nSPS) is 21.1. The summed E-state index contributed by atoms with van der Waals surface area (Å²) in [6, 6.07) is 0.122. The van der Waals surface area contributed by atoms with Crippen molar-refractivity contribution in [1.82, 2.24) is 19.4 Å². The zero-order valence-corrected chi connectivity index (χ0v) is 16.0. The Labute approximate surface area is 155 Å². The number of hydrogen-bond acceptors (Lipinski definition) is 3. The van der Waals surface area contributed by atoms with Crippen LogP contribution in [0.1, 0.15) is 50.9 Å². The Kier molecular flexibility index (Phi) is 5.49. The first-order valence-corrected chi connectivity index (χ1v) is 9.60. The van der Waals surface area contributed by atoms with E-state index in [1.165, 1.54) is 0 Å². The maximum Gasteiger partial charge on any atom is 0.224 e. The van der Waals surface area contributed by atoms with Crippen molar-refractivity contribution < 1.29 is 9.59 Å². The smallest absolute Gasteiger partial charge is 0.224 e. The molecule has 2 fully saturated rings. The molecule has 1 unspecified atom stereocenters. The highest BCUT2D eigenvalue weighted by Crippen LogP contribution is 2.40. The first kappa shape index (κ1) is 18.7. The van der Waals surface area contributed by atoms with Crippen molar-refractivity contribution in [3.8, 4) is 0 Å². The van der Waals surface area contributed by atoms with E-state index in [-0.39, 0.29) is 23.3 Å². The minimum absolute atomic E-state index is 0.122. The summed E-state index contributed by atoms with van der Waals surface area (Å²) in [7, 11) is 0. The van der Waals surface area contributed by atoms with E-state index in [4.69, 9.17) is 0 Å². The molecule has 0 N–H and O–H groups in total. The molecule has 26 heavy (non-hydrogen) atoms. The molecule has 6 heteroatoms. The molecule has 1 spiro atoms. The highest BCUT2D eigenvalue weighted by atomic mass is 16.2. The van der Waals surface area contributed by atoms with E-state index >= 15 is 0 Å². The first-order valence-electron chi connectivity index (χ1n) is 9.60. The van der Waals surface area contributed by atoms with Gasteiger partial charge in [-0.3, -0.25) is 9.59 Å². The van der Waals surface area contributed by atoms with E-state index in [0.717, 1.165) is 44.7 Å². The van der Waals surface area contributed by atoms with Crippen molar-refractivity contribution in [2.45, 2.75) is 52.0 Å². The summed E-state index contributed by atoms with van der Waals surface area (Å²) in [6.45, 7) is 10.8. The lowest BCUT2D eigenvalue weighted by molar-refractivity contribution is -0.142. The van der Waals surface area contributed by atoms with Gasteiger partial charge >= 0.3 is 0 Å². The lowest BCUT2D eigenvalue weighted by atomic mass is 9.72. The van der Waals surface area contributed by atoms with E-state index in [0.29, 0.717) is 19.4 Å². The predicted molar refractivity (Wildman–Crippen MR) is 101 cm³/mol. The summed E-state index contributed by atoms with van der Waals surface area (Å²) in [4.78, 5) is 32.9. The average Bonchev–Trinajstić information content (AvgIpc) is 3.05. The first-order chi connectivity index (χ1) is 12.4. The van der Waals surface area contributed by atoms with Crippen molar-refractivity contribution in [3.63, 3.8) is 0 Å². The Morgan fingerprint density at radius 2 is 2.12 bits per heavy atom. The fourth-order valence-corrected chi connectivity index (χ4v) is 4.40. The third kappa shape index (κ3) is 3.84. The van der Waals surface area contributed by atoms with Gasteiger partial charge in [0.1, 0.15) is 5.82 Å². The molecule has 0 saturated carbocycles. The van der Waals surface area contributed by atoms with Crippen LogP contribution in [0.2, 0.25) is 0 Å². The largest absolute Gasteiger partial charge is 0.343 e. The predicted octanol–water partition coefficient (Wildman–Crippen LogP) is 2.56. The van der Waals surface area contributed by atoms with Gasteiger partial charge in [0.15, 0.2) is 0 Å². The highest BCUT2D eigenvalue weighted by Gasteiger charge is 2.41. The molecule has 3 rings (SSSR count). The fourth-order valence-electron chi connectivity index (χ4n) is 4.40. The zero-order chi connectivity index (χ0) is 18.7. The number of aryl methyl sites for hydroxylation is 1. The second-order valence-corrected chi connectivity index (χ2v) is 7.88. The molecule has 3 heterocycles. The van der Waals surface area contributed by atoms with Crippen LogP contribution in [0, 0.1) is 12.3 Å². The Balaban J connectivity index is 1.54. The summed E-state index contributed by atoms with van der Waals surface area (Å²) in [5, 5.41) is 0. The van der Waals surface area contributed by atoms with E-state index < -0.39 is 0 Å². The van der Waals surface area contributed by atoms with Crippen LogP contribution in [0.15, 0.2) is 25.0 Å². The topological polar surface area (TPSA) is 58.4 Å². The maximum atomic E-state index is 12.7. The lowest BCUT2D eigenvalue weighted by Crippen LogP contribution is -2.52. The molecule has 142 valence electrons. The van der Waals surface area contributed by atoms with Crippen LogP contribution < -0.4 is 0 Å². The standard InChI is InChI=1S/C20H30N4O2/c1-4-10-23-15-20(6-5-18(23)25)7-11-22(12-8-20)19(26)14-16(2)24-13-9-21-17(24)3/h4,9,13,16H,1,5-8,10-12,14-15H2,2-3H3. The summed E-state index contributed by atoms with van der Waals surface area (Å²) in [6.07, 6.45) is 9.56. The maximum absolute atomic E-state index is 12.7. The van der Waals surface area contributed by atoms with Gasteiger partial charge < -0.3 is 14.4 Å². The van der Waals surface area contributed by atoms with Crippen molar-refractivity contribution >= 4 is 11.8 Å². The number of hydrogen-bond donors (Lipinski definition) is 0. The molecule has 1 aromatic rings. The Morgan fingerprint density at radius 3 is 2.73 bits per heavy atom. The number of imidazole rings is 1. The second kappa shape index (κ2) is 7.64. The van der Waals surface area contributed by atoms with Crippen molar-refractivity contribution in [2.75, 3.05) is 26.2 Å². The van der Waals surface area contributed by atoms with Gasteiger partial charge in [-0.2, -0.15) is 0 Å². The van der Waals surface area contributed by atoms with Gasteiger partial charge in [-0.05, 0) is 38.5 Å². The molecule has 0 aliphatic carbocycles. The monoisotopic (exact) mass is 358 g/mol. The number of rotatable bonds is 5. The van der Waals surface area contributed by atoms with Crippen LogP contribution in [-0.2, 0) is 9.59 Å². The molecule has 6 nitrogen and oxygen atoms in total. The number of nitrogens with zero attached hydrogens (tertiary/aromatic N) is 4. The quantitative estimate of drug-likeness (QED) is 0.760. The number of carbonyl (C=O) groups excluding carboxylic acids is 2. The lowest BCUT2D eigenvalue weighted by Gasteiger charge is -2.47. The van der Waals surface area contributed by atoms with E-state index in [9.17, 15) is 9.59 Å². The fraction of sp³-hybridized carbons (Fsp3) is 0.650. The molecular weight excluding hydrogens is 328 g/mol. The molecule has 2 aliphatic rings. The zero-order valence-electron chi connectivity index (χ0n) is 16.0. The third-order valence-corrected chi connectivity index (χ3v) is 6.08. The molecule has 1 atom stereocenters. The summed E-state index contributed by atoms with van der Waals surface area (Å²) in [5.41, 5.74) is 0.181. The summed E-state index contributed by atoms with van der Waals surface area (Å²) >= 11 is 0. The number of carbonyl (C=O) groups is 2. The number of piperidine rings is 2.